The Morgan fingerprint density at radius 1 is 1.30 bits per heavy atom. The van der Waals surface area contributed by atoms with Crippen molar-refractivity contribution >= 4 is 17.7 Å². The van der Waals surface area contributed by atoms with Crippen LogP contribution in [0.15, 0.2) is 18.2 Å². The Hall–Kier alpha value is -1.43. The van der Waals surface area contributed by atoms with E-state index in [-0.39, 0.29) is 10.9 Å². The second-order valence-electron chi connectivity index (χ2n) is 6.65. The van der Waals surface area contributed by atoms with E-state index in [1.54, 1.807) is 25.7 Å². The maximum Gasteiger partial charge on any atom is 0.417 e. The van der Waals surface area contributed by atoms with Gasteiger partial charge in [0.1, 0.15) is 5.60 Å². The fourth-order valence-corrected chi connectivity index (χ4v) is 2.84. The Kier molecular flexibility index (Phi) is 4.85. The number of rotatable bonds is 1. The molecule has 3 nitrogen and oxygen atoms in total. The second kappa shape index (κ2) is 6.23. The van der Waals surface area contributed by atoms with Crippen molar-refractivity contribution in [3.63, 3.8) is 0 Å². The van der Waals surface area contributed by atoms with E-state index in [1.165, 1.54) is 12.1 Å². The van der Waals surface area contributed by atoms with Gasteiger partial charge < -0.3 is 9.64 Å². The van der Waals surface area contributed by atoms with E-state index in [2.05, 4.69) is 0 Å². The number of carbonyl (C=O) groups excluding carboxylic acids is 1. The zero-order valence-electron chi connectivity index (χ0n) is 13.2. The number of alkyl halides is 3. The number of nitrogens with zero attached hydrogens (tertiary/aromatic N) is 1. The Morgan fingerprint density at radius 3 is 2.48 bits per heavy atom. The van der Waals surface area contributed by atoms with Crippen LogP contribution in [0.5, 0.6) is 0 Å². The van der Waals surface area contributed by atoms with Gasteiger partial charge in [0.25, 0.3) is 0 Å². The van der Waals surface area contributed by atoms with Gasteiger partial charge in [-0.2, -0.15) is 13.2 Å². The van der Waals surface area contributed by atoms with Crippen molar-refractivity contribution in [2.24, 2.45) is 0 Å². The van der Waals surface area contributed by atoms with Crippen LogP contribution in [0.2, 0.25) is 5.02 Å². The lowest BCUT2D eigenvalue weighted by Gasteiger charge is -2.24. The van der Waals surface area contributed by atoms with Gasteiger partial charge in [0.2, 0.25) is 0 Å². The van der Waals surface area contributed by atoms with Crippen LogP contribution in [0.4, 0.5) is 18.0 Å². The molecule has 1 aliphatic rings. The van der Waals surface area contributed by atoms with Crippen molar-refractivity contribution in [3.05, 3.63) is 34.3 Å². The van der Waals surface area contributed by atoms with Gasteiger partial charge in [-0.25, -0.2) is 4.79 Å². The topological polar surface area (TPSA) is 29.5 Å². The van der Waals surface area contributed by atoms with E-state index < -0.39 is 23.4 Å². The Balaban J connectivity index is 2.08. The standard InChI is InChI=1S/C16H19ClF3NO2/c1-15(2,3)23-14(22)21-7-6-11(9-21)10-4-5-12(13(17)8-10)16(18,19)20/h4-5,8,11H,6-7,9H2,1-3H3. The Morgan fingerprint density at radius 2 is 1.96 bits per heavy atom. The number of carbonyl (C=O) groups is 1. The molecular weight excluding hydrogens is 331 g/mol. The van der Waals surface area contributed by atoms with Gasteiger partial charge in [0, 0.05) is 19.0 Å². The molecule has 23 heavy (non-hydrogen) atoms. The predicted octanol–water partition coefficient (Wildman–Crippen LogP) is 5.08. The first-order valence-corrected chi connectivity index (χ1v) is 7.70. The SMILES string of the molecule is CC(C)(C)OC(=O)N1CCC(c2ccc(C(F)(F)F)c(Cl)c2)C1. The number of halogens is 4. The summed E-state index contributed by atoms with van der Waals surface area (Å²) < 4.78 is 43.5. The van der Waals surface area contributed by atoms with Crippen LogP contribution < -0.4 is 0 Å². The van der Waals surface area contributed by atoms with E-state index in [0.717, 1.165) is 6.07 Å². The van der Waals surface area contributed by atoms with E-state index in [0.29, 0.717) is 25.1 Å². The smallest absolute Gasteiger partial charge is 0.417 e. The number of ether oxygens (including phenoxy) is 1. The number of hydrogen-bond donors (Lipinski definition) is 0. The highest BCUT2D eigenvalue weighted by Gasteiger charge is 2.35. The minimum absolute atomic E-state index is 0.0395. The van der Waals surface area contributed by atoms with Crippen LogP contribution in [0, 0.1) is 0 Å². The summed E-state index contributed by atoms with van der Waals surface area (Å²) in [6.45, 7) is 6.28. The highest BCUT2D eigenvalue weighted by molar-refractivity contribution is 6.31. The van der Waals surface area contributed by atoms with Crippen molar-refractivity contribution < 1.29 is 22.7 Å². The summed E-state index contributed by atoms with van der Waals surface area (Å²) in [7, 11) is 0. The molecule has 1 heterocycles. The van der Waals surface area contributed by atoms with E-state index in [9.17, 15) is 18.0 Å². The first-order valence-electron chi connectivity index (χ1n) is 7.32. The molecule has 0 aliphatic carbocycles. The molecule has 0 N–H and O–H groups in total. The van der Waals surface area contributed by atoms with Crippen molar-refractivity contribution in [1.29, 1.82) is 0 Å². The monoisotopic (exact) mass is 349 g/mol. The molecule has 1 saturated heterocycles. The van der Waals surface area contributed by atoms with Crippen molar-refractivity contribution in [3.8, 4) is 0 Å². The largest absolute Gasteiger partial charge is 0.444 e. The molecule has 2 rings (SSSR count). The lowest BCUT2D eigenvalue weighted by Crippen LogP contribution is -2.35. The lowest BCUT2D eigenvalue weighted by molar-refractivity contribution is -0.137. The van der Waals surface area contributed by atoms with Crippen LogP contribution in [0.1, 0.15) is 44.2 Å². The molecule has 0 saturated carbocycles. The first-order chi connectivity index (χ1) is 10.5. The second-order valence-corrected chi connectivity index (χ2v) is 7.06. The third kappa shape index (κ3) is 4.53. The summed E-state index contributed by atoms with van der Waals surface area (Å²) in [5.41, 5.74) is -0.716. The van der Waals surface area contributed by atoms with Crippen LogP contribution in [0.3, 0.4) is 0 Å². The van der Waals surface area contributed by atoms with Gasteiger partial charge >= 0.3 is 12.3 Å². The summed E-state index contributed by atoms with van der Waals surface area (Å²) in [6, 6.07) is 3.76. The molecule has 1 aliphatic heterocycles. The quantitative estimate of drug-likeness (QED) is 0.707. The zero-order valence-corrected chi connectivity index (χ0v) is 14.0. The molecule has 1 amide bonds. The van der Waals surface area contributed by atoms with Crippen LogP contribution in [-0.4, -0.2) is 29.7 Å². The van der Waals surface area contributed by atoms with Crippen LogP contribution in [-0.2, 0) is 10.9 Å². The summed E-state index contributed by atoms with van der Waals surface area (Å²) in [5, 5.41) is -0.314. The molecule has 1 fully saturated rings. The van der Waals surface area contributed by atoms with Gasteiger partial charge in [-0.3, -0.25) is 0 Å². The summed E-state index contributed by atoms with van der Waals surface area (Å²) in [5.74, 6) is -0.0395. The van der Waals surface area contributed by atoms with Gasteiger partial charge in [-0.05, 0) is 44.9 Å². The lowest BCUT2D eigenvalue weighted by atomic mass is 9.97. The number of hydrogen-bond acceptors (Lipinski definition) is 2. The average Bonchev–Trinajstić information content (AvgIpc) is 2.84. The Bertz CT molecular complexity index is 596. The summed E-state index contributed by atoms with van der Waals surface area (Å²) in [4.78, 5) is 13.6. The number of amides is 1. The summed E-state index contributed by atoms with van der Waals surface area (Å²) >= 11 is 5.75. The molecule has 0 spiro atoms. The van der Waals surface area contributed by atoms with Crippen molar-refractivity contribution in [1.82, 2.24) is 4.90 Å². The van der Waals surface area contributed by atoms with Crippen molar-refractivity contribution in [2.75, 3.05) is 13.1 Å². The molecule has 1 aromatic carbocycles. The molecule has 7 heteroatoms. The van der Waals surface area contributed by atoms with E-state index in [1.807, 2.05) is 0 Å². The van der Waals surface area contributed by atoms with E-state index >= 15 is 0 Å². The highest BCUT2D eigenvalue weighted by atomic mass is 35.5. The number of benzene rings is 1. The molecule has 0 radical (unpaired) electrons. The van der Waals surface area contributed by atoms with Gasteiger partial charge in [0.15, 0.2) is 0 Å². The average molecular weight is 350 g/mol. The third-order valence-corrected chi connectivity index (χ3v) is 3.92. The normalized spacial score (nSPS) is 19.1. The first kappa shape index (κ1) is 17.9. The van der Waals surface area contributed by atoms with E-state index in [4.69, 9.17) is 16.3 Å². The molecule has 1 aromatic rings. The van der Waals surface area contributed by atoms with Crippen LogP contribution in [0.25, 0.3) is 0 Å². The van der Waals surface area contributed by atoms with Crippen LogP contribution >= 0.6 is 11.6 Å². The van der Waals surface area contributed by atoms with Crippen molar-refractivity contribution in [2.45, 2.75) is 44.9 Å². The molecule has 1 atom stereocenters. The van der Waals surface area contributed by atoms with Gasteiger partial charge in [0.05, 0.1) is 10.6 Å². The minimum Gasteiger partial charge on any atom is -0.444 e. The highest BCUT2D eigenvalue weighted by Crippen LogP contribution is 2.37. The molecular formula is C16H19ClF3NO2. The zero-order chi connectivity index (χ0) is 17.4. The number of likely N-dealkylation sites (tertiary alicyclic amines) is 1. The fraction of sp³-hybridized carbons (Fsp3) is 0.562. The maximum atomic E-state index is 12.7. The minimum atomic E-state index is -4.46. The maximum absolute atomic E-state index is 12.7. The molecule has 128 valence electrons. The molecule has 0 bridgehead atoms. The predicted molar refractivity (Wildman–Crippen MR) is 81.6 cm³/mol. The third-order valence-electron chi connectivity index (χ3n) is 3.61. The molecule has 0 aromatic heterocycles. The fourth-order valence-electron chi connectivity index (χ4n) is 2.54. The van der Waals surface area contributed by atoms with Gasteiger partial charge in [-0.1, -0.05) is 17.7 Å². The summed E-state index contributed by atoms with van der Waals surface area (Å²) in [6.07, 6.45) is -4.20. The molecule has 1 unspecified atom stereocenters. The Labute approximate surface area is 138 Å². The van der Waals surface area contributed by atoms with Gasteiger partial charge in [-0.15, -0.1) is 0 Å².